The summed E-state index contributed by atoms with van der Waals surface area (Å²) in [5, 5.41) is 0. The highest BCUT2D eigenvalue weighted by Crippen LogP contribution is 2.38. The van der Waals surface area contributed by atoms with E-state index in [2.05, 4.69) is 70.5 Å². The normalized spacial score (nSPS) is 15.3. The van der Waals surface area contributed by atoms with Gasteiger partial charge >= 0.3 is 0 Å². The van der Waals surface area contributed by atoms with Gasteiger partial charge in [-0.3, -0.25) is 4.90 Å². The van der Waals surface area contributed by atoms with E-state index in [1.54, 1.807) is 0 Å². The lowest BCUT2D eigenvalue weighted by Gasteiger charge is -2.37. The second-order valence-corrected chi connectivity index (χ2v) is 9.85. The van der Waals surface area contributed by atoms with Gasteiger partial charge in [-0.15, -0.1) is 0 Å². The molecule has 0 aliphatic carbocycles. The van der Waals surface area contributed by atoms with Crippen LogP contribution in [0.15, 0.2) is 115 Å². The number of hydrogen-bond donors (Lipinski definition) is 0. The van der Waals surface area contributed by atoms with Crippen LogP contribution in [0.25, 0.3) is 0 Å². The highest BCUT2D eigenvalue weighted by atomic mass is 19.1. The van der Waals surface area contributed by atoms with E-state index in [1.165, 1.54) is 11.1 Å². The van der Waals surface area contributed by atoms with E-state index in [1.807, 2.05) is 54.6 Å². The van der Waals surface area contributed by atoms with Crippen molar-refractivity contribution in [2.45, 2.75) is 31.6 Å². The van der Waals surface area contributed by atoms with Gasteiger partial charge in [0.2, 0.25) is 0 Å². The predicted octanol–water partition coefficient (Wildman–Crippen LogP) is 7.23. The average molecular weight is 495 g/mol. The molecule has 0 saturated carbocycles. The Bertz CT molecular complexity index is 1180. The average Bonchev–Trinajstić information content (AvgIpc) is 2.96. The number of para-hydroxylation sites is 1. The lowest BCUT2D eigenvalue weighted by molar-refractivity contribution is 0.0501. The van der Waals surface area contributed by atoms with E-state index in [-0.39, 0.29) is 0 Å². The Morgan fingerprint density at radius 1 is 0.703 bits per heavy atom. The van der Waals surface area contributed by atoms with E-state index in [4.69, 9.17) is 4.74 Å². The molecule has 1 aliphatic heterocycles. The zero-order valence-corrected chi connectivity index (χ0v) is 21.3. The number of piperidine rings is 1. The van der Waals surface area contributed by atoms with Crippen molar-refractivity contribution in [1.29, 1.82) is 0 Å². The maximum absolute atomic E-state index is 16.3. The summed E-state index contributed by atoms with van der Waals surface area (Å²) in [6.07, 6.45) is 0.998. The fourth-order valence-electron chi connectivity index (χ4n) is 5.06. The van der Waals surface area contributed by atoms with Crippen LogP contribution in [0.2, 0.25) is 0 Å². The molecule has 0 bridgehead atoms. The van der Waals surface area contributed by atoms with Gasteiger partial charge < -0.3 is 9.64 Å². The molecule has 1 heterocycles. The third kappa shape index (κ3) is 6.78. The van der Waals surface area contributed by atoms with Crippen molar-refractivity contribution in [3.05, 3.63) is 132 Å². The molecule has 0 unspecified atom stereocenters. The molecule has 3 nitrogen and oxygen atoms in total. The molecular weight excluding hydrogens is 459 g/mol. The molecule has 4 aromatic carbocycles. The number of benzene rings is 4. The van der Waals surface area contributed by atoms with E-state index < -0.39 is 5.67 Å². The molecule has 0 radical (unpaired) electrons. The summed E-state index contributed by atoms with van der Waals surface area (Å²) >= 11 is 0. The van der Waals surface area contributed by atoms with Gasteiger partial charge in [0.15, 0.2) is 0 Å². The molecule has 1 fully saturated rings. The number of likely N-dealkylation sites (tertiary alicyclic amines) is 1. The quantitative estimate of drug-likeness (QED) is 0.231. The predicted molar refractivity (Wildman–Crippen MR) is 150 cm³/mol. The SMILES string of the molecule is FC1(c2cccc(N(Cc3ccccc3)Cc3ccccc3)c2)CCN(CCOc2ccccc2)CC1. The molecule has 5 rings (SSSR count). The molecule has 37 heavy (non-hydrogen) atoms. The fraction of sp³-hybridized carbons (Fsp3) is 0.273. The van der Waals surface area contributed by atoms with Crippen molar-refractivity contribution in [2.24, 2.45) is 0 Å². The van der Waals surface area contributed by atoms with Gasteiger partial charge in [0.1, 0.15) is 18.0 Å². The number of halogens is 1. The molecule has 0 spiro atoms. The highest BCUT2D eigenvalue weighted by Gasteiger charge is 2.36. The molecule has 1 aliphatic rings. The van der Waals surface area contributed by atoms with Crippen LogP contribution in [0.4, 0.5) is 10.1 Å². The Kier molecular flexibility index (Phi) is 8.17. The van der Waals surface area contributed by atoms with Gasteiger partial charge in [0.05, 0.1) is 0 Å². The standard InChI is InChI=1S/C33H35FN2O/c34-33(19-21-35(22-20-33)23-24-37-32-17-8-3-9-18-32)30-15-10-16-31(25-30)36(26-28-11-4-1-5-12-28)27-29-13-6-2-7-14-29/h1-18,25H,19-24,26-27H2. The van der Waals surface area contributed by atoms with Crippen molar-refractivity contribution in [2.75, 3.05) is 31.1 Å². The van der Waals surface area contributed by atoms with Crippen molar-refractivity contribution in [1.82, 2.24) is 4.90 Å². The lowest BCUT2D eigenvalue weighted by Crippen LogP contribution is -2.42. The van der Waals surface area contributed by atoms with E-state index in [0.717, 1.165) is 49.7 Å². The third-order valence-corrected chi connectivity index (χ3v) is 7.23. The Morgan fingerprint density at radius 3 is 1.86 bits per heavy atom. The summed E-state index contributed by atoms with van der Waals surface area (Å²) < 4.78 is 22.1. The molecule has 4 aromatic rings. The Labute approximate surface area is 220 Å². The third-order valence-electron chi connectivity index (χ3n) is 7.23. The maximum atomic E-state index is 16.3. The van der Waals surface area contributed by atoms with Crippen LogP contribution < -0.4 is 9.64 Å². The van der Waals surface area contributed by atoms with Gasteiger partial charge in [-0.2, -0.15) is 0 Å². The number of rotatable bonds is 10. The Balaban J connectivity index is 1.25. The topological polar surface area (TPSA) is 15.7 Å². The fourth-order valence-corrected chi connectivity index (χ4v) is 5.06. The number of alkyl halides is 1. The molecule has 0 atom stereocenters. The summed E-state index contributed by atoms with van der Waals surface area (Å²) in [7, 11) is 0. The smallest absolute Gasteiger partial charge is 0.138 e. The van der Waals surface area contributed by atoms with Crippen molar-refractivity contribution < 1.29 is 9.13 Å². The van der Waals surface area contributed by atoms with E-state index in [9.17, 15) is 0 Å². The van der Waals surface area contributed by atoms with Gasteiger partial charge in [0, 0.05) is 38.4 Å². The van der Waals surface area contributed by atoms with Crippen LogP contribution >= 0.6 is 0 Å². The minimum Gasteiger partial charge on any atom is -0.492 e. The maximum Gasteiger partial charge on any atom is 0.138 e. The van der Waals surface area contributed by atoms with Gasteiger partial charge in [0.25, 0.3) is 0 Å². The largest absolute Gasteiger partial charge is 0.492 e. The Morgan fingerprint density at radius 2 is 1.27 bits per heavy atom. The summed E-state index contributed by atoms with van der Waals surface area (Å²) in [6, 6.07) is 39.0. The van der Waals surface area contributed by atoms with Gasteiger partial charge in [-0.25, -0.2) is 4.39 Å². The first-order chi connectivity index (χ1) is 18.2. The molecule has 0 aromatic heterocycles. The van der Waals surface area contributed by atoms with Crippen molar-refractivity contribution >= 4 is 5.69 Å². The first-order valence-electron chi connectivity index (χ1n) is 13.2. The van der Waals surface area contributed by atoms with Crippen LogP contribution in [-0.4, -0.2) is 31.1 Å². The molecule has 0 amide bonds. The van der Waals surface area contributed by atoms with Crippen LogP contribution in [-0.2, 0) is 18.8 Å². The summed E-state index contributed by atoms with van der Waals surface area (Å²) in [5.74, 6) is 0.881. The lowest BCUT2D eigenvalue weighted by atomic mass is 9.86. The molecule has 4 heteroatoms. The monoisotopic (exact) mass is 494 g/mol. The van der Waals surface area contributed by atoms with Crippen molar-refractivity contribution in [3.8, 4) is 5.75 Å². The minimum atomic E-state index is -1.31. The summed E-state index contributed by atoms with van der Waals surface area (Å²) in [6.45, 7) is 4.44. The highest BCUT2D eigenvalue weighted by molar-refractivity contribution is 5.51. The van der Waals surface area contributed by atoms with E-state index in [0.29, 0.717) is 19.4 Å². The van der Waals surface area contributed by atoms with Crippen LogP contribution in [0.1, 0.15) is 29.5 Å². The number of ether oxygens (including phenoxy) is 1. The Hall–Kier alpha value is -3.63. The van der Waals surface area contributed by atoms with Gasteiger partial charge in [-0.1, -0.05) is 91.0 Å². The summed E-state index contributed by atoms with van der Waals surface area (Å²) in [4.78, 5) is 4.65. The first-order valence-corrected chi connectivity index (χ1v) is 13.2. The van der Waals surface area contributed by atoms with Crippen LogP contribution in [0.3, 0.4) is 0 Å². The molecule has 190 valence electrons. The number of hydrogen-bond acceptors (Lipinski definition) is 3. The zero-order chi connectivity index (χ0) is 25.3. The van der Waals surface area contributed by atoms with Gasteiger partial charge in [-0.05, 0) is 53.8 Å². The van der Waals surface area contributed by atoms with Crippen molar-refractivity contribution in [3.63, 3.8) is 0 Å². The molecule has 1 saturated heterocycles. The zero-order valence-electron chi connectivity index (χ0n) is 21.3. The summed E-state index contributed by atoms with van der Waals surface area (Å²) in [5.41, 5.74) is 3.02. The molecule has 0 N–H and O–H groups in total. The van der Waals surface area contributed by atoms with Crippen LogP contribution in [0, 0.1) is 0 Å². The first kappa shape index (κ1) is 25.0. The second kappa shape index (κ2) is 12.1. The second-order valence-electron chi connectivity index (χ2n) is 9.85. The van der Waals surface area contributed by atoms with Crippen LogP contribution in [0.5, 0.6) is 5.75 Å². The number of nitrogens with zero attached hydrogens (tertiary/aromatic N) is 2. The van der Waals surface area contributed by atoms with E-state index >= 15 is 4.39 Å². The number of anilines is 1. The molecular formula is C33H35FN2O. The minimum absolute atomic E-state index is 0.499.